The van der Waals surface area contributed by atoms with Gasteiger partial charge in [0.1, 0.15) is 5.69 Å². The molecule has 1 fully saturated rings. The van der Waals surface area contributed by atoms with Gasteiger partial charge in [-0.1, -0.05) is 18.2 Å². The third-order valence-corrected chi connectivity index (χ3v) is 3.42. The van der Waals surface area contributed by atoms with E-state index in [-0.39, 0.29) is 5.91 Å². The van der Waals surface area contributed by atoms with Crippen molar-refractivity contribution in [2.75, 3.05) is 31.1 Å². The second-order valence-corrected chi connectivity index (χ2v) is 4.59. The fourth-order valence-electron chi connectivity index (χ4n) is 2.35. The molecule has 1 aromatic carbocycles. The van der Waals surface area contributed by atoms with Gasteiger partial charge in [-0.05, 0) is 18.2 Å². The highest BCUT2D eigenvalue weighted by atomic mass is 16.2. The zero-order chi connectivity index (χ0) is 13.1. The van der Waals surface area contributed by atoms with Gasteiger partial charge >= 0.3 is 0 Å². The first-order valence-corrected chi connectivity index (χ1v) is 6.43. The quantitative estimate of drug-likeness (QED) is 0.883. The third kappa shape index (κ3) is 2.45. The lowest BCUT2D eigenvalue weighted by Gasteiger charge is -2.35. The minimum atomic E-state index is 0.0326. The number of carbonyl (C=O) groups is 1. The molecule has 19 heavy (non-hydrogen) atoms. The Kier molecular flexibility index (Phi) is 3.18. The topological polar surface area (TPSA) is 52.2 Å². The standard InChI is InChI=1S/C14H16N4O/c19-14(13-6-7-15-16-13)18-10-8-17(9-11-18)12-4-2-1-3-5-12/h1-7H,8-11H2,(H,15,16). The van der Waals surface area contributed by atoms with Gasteiger partial charge in [-0.2, -0.15) is 5.10 Å². The van der Waals surface area contributed by atoms with Crippen LogP contribution in [0.4, 0.5) is 5.69 Å². The van der Waals surface area contributed by atoms with Gasteiger partial charge in [0.15, 0.2) is 0 Å². The Bertz CT molecular complexity index is 530. The monoisotopic (exact) mass is 256 g/mol. The van der Waals surface area contributed by atoms with Crippen molar-refractivity contribution in [3.63, 3.8) is 0 Å². The maximum Gasteiger partial charge on any atom is 0.271 e. The number of amides is 1. The van der Waals surface area contributed by atoms with Crippen LogP contribution in [0.15, 0.2) is 42.6 Å². The molecule has 0 atom stereocenters. The molecule has 2 heterocycles. The maximum atomic E-state index is 12.1. The van der Waals surface area contributed by atoms with Crippen LogP contribution < -0.4 is 4.90 Å². The van der Waals surface area contributed by atoms with Crippen LogP contribution in [0.25, 0.3) is 0 Å². The number of aromatic nitrogens is 2. The second kappa shape index (κ2) is 5.14. The van der Waals surface area contributed by atoms with E-state index in [1.807, 2.05) is 23.1 Å². The molecule has 2 aromatic rings. The highest BCUT2D eigenvalue weighted by Crippen LogP contribution is 2.16. The average molecular weight is 256 g/mol. The van der Waals surface area contributed by atoms with E-state index in [4.69, 9.17) is 0 Å². The van der Waals surface area contributed by atoms with Crippen molar-refractivity contribution in [3.05, 3.63) is 48.3 Å². The van der Waals surface area contributed by atoms with Gasteiger partial charge in [0.25, 0.3) is 5.91 Å². The minimum Gasteiger partial charge on any atom is -0.368 e. The van der Waals surface area contributed by atoms with E-state index in [1.165, 1.54) is 5.69 Å². The number of para-hydroxylation sites is 1. The van der Waals surface area contributed by atoms with Gasteiger partial charge in [-0.3, -0.25) is 9.89 Å². The van der Waals surface area contributed by atoms with Crippen LogP contribution in [0.3, 0.4) is 0 Å². The lowest BCUT2D eigenvalue weighted by Crippen LogP contribution is -2.48. The summed E-state index contributed by atoms with van der Waals surface area (Å²) in [6.07, 6.45) is 1.60. The highest BCUT2D eigenvalue weighted by molar-refractivity contribution is 5.92. The van der Waals surface area contributed by atoms with Crippen molar-refractivity contribution in [1.82, 2.24) is 15.1 Å². The molecule has 1 aliphatic heterocycles. The number of hydrogen-bond donors (Lipinski definition) is 1. The number of carbonyl (C=O) groups excluding carboxylic acids is 1. The molecule has 0 unspecified atom stereocenters. The Morgan fingerprint density at radius 3 is 2.42 bits per heavy atom. The Morgan fingerprint density at radius 1 is 1.05 bits per heavy atom. The van der Waals surface area contributed by atoms with Crippen LogP contribution in [0.5, 0.6) is 0 Å². The van der Waals surface area contributed by atoms with Gasteiger partial charge in [-0.15, -0.1) is 0 Å². The summed E-state index contributed by atoms with van der Waals surface area (Å²) in [5.41, 5.74) is 1.78. The van der Waals surface area contributed by atoms with Crippen LogP contribution in [-0.4, -0.2) is 47.2 Å². The predicted octanol–water partition coefficient (Wildman–Crippen LogP) is 1.37. The molecule has 98 valence electrons. The number of H-pyrrole nitrogens is 1. The van der Waals surface area contributed by atoms with Crippen molar-refractivity contribution in [1.29, 1.82) is 0 Å². The first-order valence-electron chi connectivity index (χ1n) is 6.43. The zero-order valence-electron chi connectivity index (χ0n) is 10.6. The maximum absolute atomic E-state index is 12.1. The fraction of sp³-hybridized carbons (Fsp3) is 0.286. The lowest BCUT2D eigenvalue weighted by molar-refractivity contribution is 0.0741. The molecule has 0 spiro atoms. The molecule has 0 aliphatic carbocycles. The molecular weight excluding hydrogens is 240 g/mol. The summed E-state index contributed by atoms with van der Waals surface area (Å²) < 4.78 is 0. The third-order valence-electron chi connectivity index (χ3n) is 3.42. The predicted molar refractivity (Wildman–Crippen MR) is 73.1 cm³/mol. The SMILES string of the molecule is O=C(c1ccn[nH]1)N1CCN(c2ccccc2)CC1. The van der Waals surface area contributed by atoms with E-state index < -0.39 is 0 Å². The molecular formula is C14H16N4O. The van der Waals surface area contributed by atoms with Crippen molar-refractivity contribution < 1.29 is 4.79 Å². The number of rotatable bonds is 2. The van der Waals surface area contributed by atoms with E-state index in [1.54, 1.807) is 12.3 Å². The van der Waals surface area contributed by atoms with E-state index in [0.29, 0.717) is 5.69 Å². The average Bonchev–Trinajstić information content (AvgIpc) is 3.02. The number of nitrogens with one attached hydrogen (secondary N) is 1. The molecule has 3 rings (SSSR count). The Morgan fingerprint density at radius 2 is 1.79 bits per heavy atom. The van der Waals surface area contributed by atoms with E-state index >= 15 is 0 Å². The molecule has 5 nitrogen and oxygen atoms in total. The first kappa shape index (κ1) is 11.8. The minimum absolute atomic E-state index is 0.0326. The summed E-state index contributed by atoms with van der Waals surface area (Å²) in [4.78, 5) is 16.3. The molecule has 1 aromatic heterocycles. The van der Waals surface area contributed by atoms with E-state index in [2.05, 4.69) is 27.2 Å². The number of anilines is 1. The van der Waals surface area contributed by atoms with Gasteiger partial charge in [0.05, 0.1) is 0 Å². The Balaban J connectivity index is 1.62. The normalized spacial score (nSPS) is 15.6. The number of benzene rings is 1. The molecule has 1 aliphatic rings. The Hall–Kier alpha value is -2.30. The molecule has 0 bridgehead atoms. The number of piperazine rings is 1. The number of nitrogens with zero attached hydrogens (tertiary/aromatic N) is 3. The first-order chi connectivity index (χ1) is 9.34. The molecule has 1 N–H and O–H groups in total. The number of hydrogen-bond acceptors (Lipinski definition) is 3. The molecule has 0 saturated carbocycles. The number of aromatic amines is 1. The lowest BCUT2D eigenvalue weighted by atomic mass is 10.2. The molecule has 1 amide bonds. The largest absolute Gasteiger partial charge is 0.368 e. The van der Waals surface area contributed by atoms with Crippen molar-refractivity contribution >= 4 is 11.6 Å². The summed E-state index contributed by atoms with van der Waals surface area (Å²) >= 11 is 0. The van der Waals surface area contributed by atoms with Crippen LogP contribution >= 0.6 is 0 Å². The highest BCUT2D eigenvalue weighted by Gasteiger charge is 2.22. The van der Waals surface area contributed by atoms with Gasteiger partial charge in [-0.25, -0.2) is 0 Å². The van der Waals surface area contributed by atoms with Crippen LogP contribution in [0.2, 0.25) is 0 Å². The smallest absolute Gasteiger partial charge is 0.271 e. The summed E-state index contributed by atoms with van der Waals surface area (Å²) in [5.74, 6) is 0.0326. The molecule has 1 saturated heterocycles. The van der Waals surface area contributed by atoms with Crippen molar-refractivity contribution in [3.8, 4) is 0 Å². The Labute approximate surface area is 111 Å². The summed E-state index contributed by atoms with van der Waals surface area (Å²) in [7, 11) is 0. The summed E-state index contributed by atoms with van der Waals surface area (Å²) in [6.45, 7) is 3.22. The van der Waals surface area contributed by atoms with Gasteiger partial charge in [0.2, 0.25) is 0 Å². The molecule has 5 heteroatoms. The van der Waals surface area contributed by atoms with Crippen LogP contribution in [0.1, 0.15) is 10.5 Å². The van der Waals surface area contributed by atoms with E-state index in [9.17, 15) is 4.79 Å². The van der Waals surface area contributed by atoms with Crippen molar-refractivity contribution in [2.45, 2.75) is 0 Å². The summed E-state index contributed by atoms with van der Waals surface area (Å²) in [6, 6.07) is 12.0. The van der Waals surface area contributed by atoms with Crippen LogP contribution in [-0.2, 0) is 0 Å². The van der Waals surface area contributed by atoms with Gasteiger partial charge < -0.3 is 9.80 Å². The van der Waals surface area contributed by atoms with Crippen LogP contribution in [0, 0.1) is 0 Å². The van der Waals surface area contributed by atoms with Gasteiger partial charge in [0, 0.05) is 38.1 Å². The fourth-order valence-corrected chi connectivity index (χ4v) is 2.35. The summed E-state index contributed by atoms with van der Waals surface area (Å²) in [5, 5.41) is 6.54. The molecule has 0 radical (unpaired) electrons. The zero-order valence-corrected chi connectivity index (χ0v) is 10.6. The van der Waals surface area contributed by atoms with E-state index in [0.717, 1.165) is 26.2 Å². The van der Waals surface area contributed by atoms with Crippen molar-refractivity contribution in [2.24, 2.45) is 0 Å². The second-order valence-electron chi connectivity index (χ2n) is 4.59.